The summed E-state index contributed by atoms with van der Waals surface area (Å²) in [5.74, 6) is -0.473. The molecule has 2 rings (SSSR count). The molecule has 1 heterocycles. The number of carbonyl (C=O) groups excluding carboxylic acids is 2. The van der Waals surface area contributed by atoms with Crippen LogP contribution in [0.15, 0.2) is 30.9 Å². The molecule has 0 spiro atoms. The second-order valence-electron chi connectivity index (χ2n) is 5.02. The lowest BCUT2D eigenvalue weighted by molar-refractivity contribution is -0.384. The Labute approximate surface area is 128 Å². The van der Waals surface area contributed by atoms with E-state index >= 15 is 0 Å². The number of nitrogens with zero attached hydrogens (tertiary/aromatic N) is 3. The molecule has 7 heteroatoms. The standard InChI is InChI=1S/C15H17N3O4/c1-3-14(19)16(4-2)10-15(20)17-8-11-5-6-13(18(21)22)7-12(11)9-17/h3,5-7H,1,4,8-10H2,2H3. The number of fused-ring (bicyclic) bond motifs is 1. The van der Waals surface area contributed by atoms with Crippen LogP contribution in [0.5, 0.6) is 0 Å². The van der Waals surface area contributed by atoms with Crippen LogP contribution in [0, 0.1) is 10.1 Å². The van der Waals surface area contributed by atoms with Crippen LogP contribution in [0.3, 0.4) is 0 Å². The molecule has 1 aromatic carbocycles. The Kier molecular flexibility index (Phi) is 4.55. The Morgan fingerprint density at radius 2 is 2.09 bits per heavy atom. The summed E-state index contributed by atoms with van der Waals surface area (Å²) in [6, 6.07) is 4.61. The van der Waals surface area contributed by atoms with E-state index in [2.05, 4.69) is 6.58 Å². The summed E-state index contributed by atoms with van der Waals surface area (Å²) >= 11 is 0. The van der Waals surface area contributed by atoms with Gasteiger partial charge in [0.1, 0.15) is 6.54 Å². The van der Waals surface area contributed by atoms with E-state index in [0.717, 1.165) is 11.1 Å². The summed E-state index contributed by atoms with van der Waals surface area (Å²) in [6.45, 7) is 6.34. The van der Waals surface area contributed by atoms with Gasteiger partial charge in [-0.25, -0.2) is 0 Å². The average Bonchev–Trinajstić information content (AvgIpc) is 2.94. The van der Waals surface area contributed by atoms with Crippen LogP contribution in [0.2, 0.25) is 0 Å². The molecule has 0 unspecified atom stereocenters. The van der Waals surface area contributed by atoms with Crippen LogP contribution in [0.25, 0.3) is 0 Å². The molecule has 0 saturated carbocycles. The number of nitro groups is 1. The second-order valence-corrected chi connectivity index (χ2v) is 5.02. The van der Waals surface area contributed by atoms with Gasteiger partial charge in [0.25, 0.3) is 5.69 Å². The summed E-state index contributed by atoms with van der Waals surface area (Å²) in [7, 11) is 0. The zero-order valence-corrected chi connectivity index (χ0v) is 12.3. The van der Waals surface area contributed by atoms with Crippen molar-refractivity contribution >= 4 is 17.5 Å². The summed E-state index contributed by atoms with van der Waals surface area (Å²) in [4.78, 5) is 37.2. The molecule has 0 saturated heterocycles. The van der Waals surface area contributed by atoms with Gasteiger partial charge in [-0.3, -0.25) is 19.7 Å². The van der Waals surface area contributed by atoms with E-state index in [0.29, 0.717) is 19.6 Å². The third-order valence-electron chi connectivity index (χ3n) is 3.67. The van der Waals surface area contributed by atoms with Crippen molar-refractivity contribution in [1.29, 1.82) is 0 Å². The van der Waals surface area contributed by atoms with Gasteiger partial charge in [-0.1, -0.05) is 12.6 Å². The normalized spacial score (nSPS) is 12.7. The number of likely N-dealkylation sites (N-methyl/N-ethyl adjacent to an activating group) is 1. The van der Waals surface area contributed by atoms with Crippen LogP contribution in [0.1, 0.15) is 18.1 Å². The molecule has 1 aromatic rings. The Morgan fingerprint density at radius 3 is 2.68 bits per heavy atom. The molecule has 0 N–H and O–H groups in total. The summed E-state index contributed by atoms with van der Waals surface area (Å²) in [6.07, 6.45) is 1.18. The molecule has 0 aromatic heterocycles. The van der Waals surface area contributed by atoms with Crippen molar-refractivity contribution in [3.8, 4) is 0 Å². The molecule has 0 fully saturated rings. The highest BCUT2D eigenvalue weighted by Crippen LogP contribution is 2.26. The molecule has 22 heavy (non-hydrogen) atoms. The molecule has 0 aliphatic carbocycles. The van der Waals surface area contributed by atoms with Gasteiger partial charge in [0, 0.05) is 31.8 Å². The first kappa shape index (κ1) is 15.7. The lowest BCUT2D eigenvalue weighted by Crippen LogP contribution is -2.40. The topological polar surface area (TPSA) is 83.8 Å². The molecular weight excluding hydrogens is 286 g/mol. The van der Waals surface area contributed by atoms with Crippen molar-refractivity contribution in [2.75, 3.05) is 13.1 Å². The van der Waals surface area contributed by atoms with Crippen LogP contribution < -0.4 is 0 Å². The number of benzene rings is 1. The zero-order chi connectivity index (χ0) is 16.3. The quantitative estimate of drug-likeness (QED) is 0.468. The number of hydrogen-bond donors (Lipinski definition) is 0. The van der Waals surface area contributed by atoms with Gasteiger partial charge in [0.05, 0.1) is 4.92 Å². The molecule has 0 atom stereocenters. The van der Waals surface area contributed by atoms with Crippen molar-refractivity contribution in [2.45, 2.75) is 20.0 Å². The number of rotatable bonds is 5. The van der Waals surface area contributed by atoms with E-state index in [4.69, 9.17) is 0 Å². The van der Waals surface area contributed by atoms with E-state index < -0.39 is 4.92 Å². The predicted octanol–water partition coefficient (Wildman–Crippen LogP) is 1.47. The lowest BCUT2D eigenvalue weighted by Gasteiger charge is -2.22. The first-order chi connectivity index (χ1) is 10.5. The first-order valence-corrected chi connectivity index (χ1v) is 6.91. The minimum absolute atomic E-state index is 0.0164. The van der Waals surface area contributed by atoms with Crippen molar-refractivity contribution in [1.82, 2.24) is 9.80 Å². The number of hydrogen-bond acceptors (Lipinski definition) is 4. The van der Waals surface area contributed by atoms with Gasteiger partial charge < -0.3 is 9.80 Å². The van der Waals surface area contributed by atoms with E-state index in [1.54, 1.807) is 17.9 Å². The molecule has 1 aliphatic rings. The fourth-order valence-electron chi connectivity index (χ4n) is 2.41. The van der Waals surface area contributed by atoms with Gasteiger partial charge >= 0.3 is 0 Å². The van der Waals surface area contributed by atoms with Gasteiger partial charge in [0.15, 0.2) is 0 Å². The molecule has 7 nitrogen and oxygen atoms in total. The van der Waals surface area contributed by atoms with Crippen molar-refractivity contribution < 1.29 is 14.5 Å². The molecular formula is C15H17N3O4. The Balaban J connectivity index is 2.06. The van der Waals surface area contributed by atoms with E-state index in [9.17, 15) is 19.7 Å². The van der Waals surface area contributed by atoms with E-state index in [-0.39, 0.29) is 24.0 Å². The largest absolute Gasteiger partial charge is 0.332 e. The maximum absolute atomic E-state index is 12.3. The molecule has 0 bridgehead atoms. The number of amides is 2. The van der Waals surface area contributed by atoms with E-state index in [1.165, 1.54) is 23.1 Å². The summed E-state index contributed by atoms with van der Waals surface area (Å²) in [5.41, 5.74) is 1.70. The van der Waals surface area contributed by atoms with Crippen LogP contribution >= 0.6 is 0 Å². The highest BCUT2D eigenvalue weighted by molar-refractivity contribution is 5.91. The van der Waals surface area contributed by atoms with Gasteiger partial charge in [-0.2, -0.15) is 0 Å². The fourth-order valence-corrected chi connectivity index (χ4v) is 2.41. The van der Waals surface area contributed by atoms with Crippen LogP contribution in [-0.2, 0) is 22.7 Å². The first-order valence-electron chi connectivity index (χ1n) is 6.91. The van der Waals surface area contributed by atoms with Crippen molar-refractivity contribution in [2.24, 2.45) is 0 Å². The molecule has 116 valence electrons. The Hall–Kier alpha value is -2.70. The third-order valence-corrected chi connectivity index (χ3v) is 3.67. The zero-order valence-electron chi connectivity index (χ0n) is 12.3. The molecule has 0 radical (unpaired) electrons. The van der Waals surface area contributed by atoms with Gasteiger partial charge in [0.2, 0.25) is 11.8 Å². The maximum atomic E-state index is 12.3. The molecule has 1 aliphatic heterocycles. The Bertz CT molecular complexity index is 642. The number of carbonyl (C=O) groups is 2. The predicted molar refractivity (Wildman–Crippen MR) is 79.8 cm³/mol. The summed E-state index contributed by atoms with van der Waals surface area (Å²) in [5, 5.41) is 10.8. The van der Waals surface area contributed by atoms with Crippen molar-refractivity contribution in [3.63, 3.8) is 0 Å². The lowest BCUT2D eigenvalue weighted by atomic mass is 10.1. The Morgan fingerprint density at radius 1 is 1.41 bits per heavy atom. The summed E-state index contributed by atoms with van der Waals surface area (Å²) < 4.78 is 0. The van der Waals surface area contributed by atoms with Gasteiger partial charge in [-0.05, 0) is 24.1 Å². The smallest absolute Gasteiger partial charge is 0.269 e. The number of non-ortho nitro benzene ring substituents is 1. The molecule has 2 amide bonds. The number of nitro benzene ring substituents is 1. The minimum Gasteiger partial charge on any atom is -0.332 e. The average molecular weight is 303 g/mol. The SMILES string of the molecule is C=CC(=O)N(CC)CC(=O)N1Cc2ccc([N+](=O)[O-])cc2C1. The van der Waals surface area contributed by atoms with Crippen molar-refractivity contribution in [3.05, 3.63) is 52.1 Å². The van der Waals surface area contributed by atoms with Gasteiger partial charge in [-0.15, -0.1) is 0 Å². The fraction of sp³-hybridized carbons (Fsp3) is 0.333. The maximum Gasteiger partial charge on any atom is 0.269 e. The highest BCUT2D eigenvalue weighted by Gasteiger charge is 2.26. The van der Waals surface area contributed by atoms with Crippen LogP contribution in [0.4, 0.5) is 5.69 Å². The minimum atomic E-state index is -0.452. The third kappa shape index (κ3) is 3.13. The second kappa shape index (κ2) is 6.38. The van der Waals surface area contributed by atoms with Crippen LogP contribution in [-0.4, -0.2) is 39.6 Å². The van der Waals surface area contributed by atoms with E-state index in [1.807, 2.05) is 0 Å². The monoisotopic (exact) mass is 303 g/mol. The highest BCUT2D eigenvalue weighted by atomic mass is 16.6.